The van der Waals surface area contributed by atoms with Crippen molar-refractivity contribution in [3.63, 3.8) is 0 Å². The SMILES string of the molecule is CC(N)c1cnc(C(=O)O)[nH]1. The molecule has 0 fully saturated rings. The van der Waals surface area contributed by atoms with E-state index in [0.717, 1.165) is 0 Å². The summed E-state index contributed by atoms with van der Waals surface area (Å²) < 4.78 is 0. The van der Waals surface area contributed by atoms with Crippen molar-refractivity contribution in [3.8, 4) is 0 Å². The van der Waals surface area contributed by atoms with Crippen molar-refractivity contribution >= 4 is 5.97 Å². The number of nitrogens with zero attached hydrogens (tertiary/aromatic N) is 1. The van der Waals surface area contributed by atoms with E-state index in [1.54, 1.807) is 6.92 Å². The highest BCUT2D eigenvalue weighted by molar-refractivity contribution is 5.83. The number of aromatic carboxylic acids is 1. The van der Waals surface area contributed by atoms with Gasteiger partial charge in [-0.1, -0.05) is 0 Å². The molecule has 0 radical (unpaired) electrons. The van der Waals surface area contributed by atoms with E-state index in [-0.39, 0.29) is 11.9 Å². The number of hydrogen-bond donors (Lipinski definition) is 3. The van der Waals surface area contributed by atoms with Crippen LogP contribution in [0, 0.1) is 0 Å². The van der Waals surface area contributed by atoms with Crippen LogP contribution in [0.4, 0.5) is 0 Å². The minimum Gasteiger partial charge on any atom is -0.475 e. The van der Waals surface area contributed by atoms with Crippen LogP contribution in [0.5, 0.6) is 0 Å². The molecule has 0 aliphatic rings. The summed E-state index contributed by atoms with van der Waals surface area (Å²) in [5, 5.41) is 8.45. The summed E-state index contributed by atoms with van der Waals surface area (Å²) >= 11 is 0. The summed E-state index contributed by atoms with van der Waals surface area (Å²) in [6.45, 7) is 1.75. The van der Waals surface area contributed by atoms with Crippen LogP contribution in [0.1, 0.15) is 29.3 Å². The fourth-order valence-electron chi connectivity index (χ4n) is 0.675. The number of aromatic amines is 1. The van der Waals surface area contributed by atoms with Gasteiger partial charge in [-0.2, -0.15) is 0 Å². The number of nitrogens with one attached hydrogen (secondary N) is 1. The van der Waals surface area contributed by atoms with Gasteiger partial charge in [0.2, 0.25) is 5.82 Å². The molecule has 0 spiro atoms. The second kappa shape index (κ2) is 2.71. The predicted octanol–water partition coefficient (Wildman–Crippen LogP) is 0.128. The van der Waals surface area contributed by atoms with Gasteiger partial charge in [-0.25, -0.2) is 9.78 Å². The number of imidazole rings is 1. The summed E-state index contributed by atoms with van der Waals surface area (Å²) in [5.74, 6) is -1.14. The maximum Gasteiger partial charge on any atom is 0.371 e. The van der Waals surface area contributed by atoms with Crippen LogP contribution in [0.15, 0.2) is 6.20 Å². The number of hydrogen-bond acceptors (Lipinski definition) is 3. The summed E-state index contributed by atoms with van der Waals surface area (Å²) in [4.78, 5) is 16.5. The molecule has 0 bridgehead atoms. The fraction of sp³-hybridized carbons (Fsp3) is 0.333. The minimum atomic E-state index is -1.07. The minimum absolute atomic E-state index is 0.0719. The van der Waals surface area contributed by atoms with Crippen LogP contribution in [0.2, 0.25) is 0 Å². The Morgan fingerprint density at radius 1 is 1.91 bits per heavy atom. The number of aromatic nitrogens is 2. The average molecular weight is 155 g/mol. The molecule has 0 aromatic carbocycles. The molecule has 1 aromatic heterocycles. The first-order valence-corrected chi connectivity index (χ1v) is 3.15. The van der Waals surface area contributed by atoms with Crippen molar-refractivity contribution in [2.75, 3.05) is 0 Å². The second-order valence-electron chi connectivity index (χ2n) is 2.28. The van der Waals surface area contributed by atoms with E-state index in [4.69, 9.17) is 10.8 Å². The summed E-state index contributed by atoms with van der Waals surface area (Å²) in [7, 11) is 0. The third-order valence-electron chi connectivity index (χ3n) is 1.29. The Bertz CT molecular complexity index is 267. The Hall–Kier alpha value is -1.36. The van der Waals surface area contributed by atoms with Crippen LogP contribution in [0.3, 0.4) is 0 Å². The Balaban J connectivity index is 2.90. The third-order valence-corrected chi connectivity index (χ3v) is 1.29. The van der Waals surface area contributed by atoms with E-state index in [9.17, 15) is 4.79 Å². The number of H-pyrrole nitrogens is 1. The zero-order valence-electron chi connectivity index (χ0n) is 6.03. The van der Waals surface area contributed by atoms with E-state index in [1.165, 1.54) is 6.20 Å². The van der Waals surface area contributed by atoms with E-state index < -0.39 is 5.97 Å². The van der Waals surface area contributed by atoms with Gasteiger partial charge in [-0.05, 0) is 6.92 Å². The molecule has 1 aromatic rings. The van der Waals surface area contributed by atoms with Gasteiger partial charge in [0.1, 0.15) is 0 Å². The molecule has 0 saturated heterocycles. The molecule has 1 rings (SSSR count). The quantitative estimate of drug-likeness (QED) is 0.565. The van der Waals surface area contributed by atoms with Crippen LogP contribution >= 0.6 is 0 Å². The van der Waals surface area contributed by atoms with E-state index in [1.807, 2.05) is 0 Å². The second-order valence-corrected chi connectivity index (χ2v) is 2.28. The monoisotopic (exact) mass is 155 g/mol. The zero-order chi connectivity index (χ0) is 8.43. The molecule has 5 heteroatoms. The summed E-state index contributed by atoms with van der Waals surface area (Å²) in [6, 6.07) is -0.212. The van der Waals surface area contributed by atoms with Gasteiger partial charge in [-0.3, -0.25) is 0 Å². The molecule has 5 nitrogen and oxygen atoms in total. The molecule has 1 atom stereocenters. The molecule has 11 heavy (non-hydrogen) atoms. The lowest BCUT2D eigenvalue weighted by molar-refractivity contribution is 0.0684. The van der Waals surface area contributed by atoms with Gasteiger partial charge in [-0.15, -0.1) is 0 Å². The Kier molecular flexibility index (Phi) is 1.91. The molecule has 0 aliphatic carbocycles. The van der Waals surface area contributed by atoms with Gasteiger partial charge < -0.3 is 15.8 Å². The largest absolute Gasteiger partial charge is 0.475 e. The van der Waals surface area contributed by atoms with E-state index in [2.05, 4.69) is 9.97 Å². The van der Waals surface area contributed by atoms with Gasteiger partial charge in [0, 0.05) is 6.04 Å². The van der Waals surface area contributed by atoms with Crippen LogP contribution in [-0.4, -0.2) is 21.0 Å². The standard InChI is InChI=1S/C6H9N3O2/c1-3(7)4-2-8-5(9-4)6(10)11/h2-3H,7H2,1H3,(H,8,9)(H,10,11). The molecule has 0 aliphatic heterocycles. The van der Waals surface area contributed by atoms with Crippen molar-refractivity contribution in [2.24, 2.45) is 5.73 Å². The normalized spacial score (nSPS) is 12.9. The number of carboxylic acid groups (broad SMARTS) is 1. The van der Waals surface area contributed by atoms with Crippen molar-refractivity contribution in [1.29, 1.82) is 0 Å². The highest BCUT2D eigenvalue weighted by atomic mass is 16.4. The summed E-state index contributed by atoms with van der Waals surface area (Å²) in [5.41, 5.74) is 6.09. The van der Waals surface area contributed by atoms with Crippen LogP contribution in [0.25, 0.3) is 0 Å². The van der Waals surface area contributed by atoms with Gasteiger partial charge >= 0.3 is 5.97 Å². The molecule has 4 N–H and O–H groups in total. The van der Waals surface area contributed by atoms with Crippen LogP contribution in [-0.2, 0) is 0 Å². The Labute approximate surface area is 63.3 Å². The lowest BCUT2D eigenvalue weighted by atomic mass is 10.3. The van der Waals surface area contributed by atoms with Gasteiger partial charge in [0.05, 0.1) is 11.9 Å². The topological polar surface area (TPSA) is 92.0 Å². The van der Waals surface area contributed by atoms with Crippen molar-refractivity contribution in [3.05, 3.63) is 17.7 Å². The number of rotatable bonds is 2. The van der Waals surface area contributed by atoms with Crippen LogP contribution < -0.4 is 5.73 Å². The van der Waals surface area contributed by atoms with Crippen molar-refractivity contribution < 1.29 is 9.90 Å². The van der Waals surface area contributed by atoms with Crippen molar-refractivity contribution in [1.82, 2.24) is 9.97 Å². The Morgan fingerprint density at radius 3 is 2.82 bits per heavy atom. The third kappa shape index (κ3) is 1.56. The predicted molar refractivity (Wildman–Crippen MR) is 38.1 cm³/mol. The number of carboxylic acids is 1. The molecule has 1 unspecified atom stereocenters. The maximum atomic E-state index is 10.3. The molecule has 0 saturated carbocycles. The molecular formula is C6H9N3O2. The highest BCUT2D eigenvalue weighted by Gasteiger charge is 2.09. The maximum absolute atomic E-state index is 10.3. The highest BCUT2D eigenvalue weighted by Crippen LogP contribution is 2.05. The first-order valence-electron chi connectivity index (χ1n) is 3.15. The fourth-order valence-corrected chi connectivity index (χ4v) is 0.675. The Morgan fingerprint density at radius 2 is 2.55 bits per heavy atom. The lowest BCUT2D eigenvalue weighted by Crippen LogP contribution is -2.06. The molecule has 0 amide bonds. The van der Waals surface area contributed by atoms with Crippen molar-refractivity contribution in [2.45, 2.75) is 13.0 Å². The van der Waals surface area contributed by atoms with E-state index in [0.29, 0.717) is 5.69 Å². The smallest absolute Gasteiger partial charge is 0.371 e. The van der Waals surface area contributed by atoms with Gasteiger partial charge in [0.25, 0.3) is 0 Å². The van der Waals surface area contributed by atoms with Gasteiger partial charge in [0.15, 0.2) is 0 Å². The molecular weight excluding hydrogens is 146 g/mol. The first-order chi connectivity index (χ1) is 5.11. The number of nitrogens with two attached hydrogens (primary N) is 1. The molecule has 1 heterocycles. The van der Waals surface area contributed by atoms with E-state index >= 15 is 0 Å². The average Bonchev–Trinajstić information content (AvgIpc) is 2.33. The summed E-state index contributed by atoms with van der Waals surface area (Å²) in [6.07, 6.45) is 1.42. The lowest BCUT2D eigenvalue weighted by Gasteiger charge is -1.97. The molecule has 60 valence electrons. The first kappa shape index (κ1) is 7.74. The zero-order valence-corrected chi connectivity index (χ0v) is 6.03. The number of carbonyl (C=O) groups is 1.